The highest BCUT2D eigenvalue weighted by atomic mass is 35.5. The Kier molecular flexibility index (Phi) is 6.80. The predicted octanol–water partition coefficient (Wildman–Crippen LogP) is 5.58. The number of rotatable bonds is 6. The van der Waals surface area contributed by atoms with E-state index >= 15 is 0 Å². The van der Waals surface area contributed by atoms with Crippen molar-refractivity contribution in [1.29, 1.82) is 0 Å². The number of benzene rings is 3. The minimum absolute atomic E-state index is 0.0374. The third kappa shape index (κ3) is 4.15. The summed E-state index contributed by atoms with van der Waals surface area (Å²) in [6.45, 7) is 0.0825. The van der Waals surface area contributed by atoms with Gasteiger partial charge in [0.15, 0.2) is 23.0 Å². The summed E-state index contributed by atoms with van der Waals surface area (Å²) in [6, 6.07) is 11.8. The molecule has 0 spiro atoms. The average Bonchev–Trinajstić information content (AvgIpc) is 3.58. The molecule has 208 valence electrons. The van der Waals surface area contributed by atoms with Crippen molar-refractivity contribution in [3.05, 3.63) is 74.8 Å². The molecule has 2 aliphatic heterocycles. The van der Waals surface area contributed by atoms with Crippen LogP contribution in [0.4, 0.5) is 0 Å². The maximum Gasteiger partial charge on any atom is 0.338 e. The zero-order chi connectivity index (χ0) is 28.1. The molecule has 11 heteroatoms. The number of methoxy groups -OCH3 is 3. The van der Waals surface area contributed by atoms with Gasteiger partial charge in [-0.1, -0.05) is 29.3 Å². The zero-order valence-electron chi connectivity index (χ0n) is 21.7. The summed E-state index contributed by atoms with van der Waals surface area (Å²) >= 11 is 13.0. The number of hydrogen-bond donors (Lipinski definition) is 0. The van der Waals surface area contributed by atoms with Crippen LogP contribution in [-0.4, -0.2) is 46.7 Å². The Balaban J connectivity index is 1.55. The second-order valence-corrected chi connectivity index (χ2v) is 10.3. The van der Waals surface area contributed by atoms with Crippen molar-refractivity contribution in [2.75, 3.05) is 34.7 Å². The molecule has 1 saturated heterocycles. The molecular formula is C29H24Cl2O9. The Hall–Kier alpha value is -3.82. The van der Waals surface area contributed by atoms with E-state index in [0.717, 1.165) is 0 Å². The summed E-state index contributed by atoms with van der Waals surface area (Å²) in [5.41, 5.74) is 2.16. The van der Waals surface area contributed by atoms with Gasteiger partial charge in [-0.05, 0) is 47.5 Å². The lowest BCUT2D eigenvalue weighted by atomic mass is 9.66. The van der Waals surface area contributed by atoms with E-state index in [1.165, 1.54) is 27.4 Å². The first kappa shape index (κ1) is 26.4. The summed E-state index contributed by atoms with van der Waals surface area (Å²) in [4.78, 5) is 26.7. The number of fused-ring (bicyclic) bond motifs is 3. The minimum Gasteiger partial charge on any atom is -0.493 e. The van der Waals surface area contributed by atoms with Crippen LogP contribution in [0.5, 0.6) is 28.7 Å². The fourth-order valence-electron chi connectivity index (χ4n) is 5.80. The molecule has 3 aliphatic rings. The third-order valence-corrected chi connectivity index (χ3v) is 8.17. The van der Waals surface area contributed by atoms with E-state index in [-0.39, 0.29) is 29.7 Å². The van der Waals surface area contributed by atoms with E-state index in [2.05, 4.69) is 0 Å². The number of carbonyl (C=O) groups is 2. The molecule has 0 radical (unpaired) electrons. The minimum atomic E-state index is -0.829. The molecule has 4 atom stereocenters. The predicted molar refractivity (Wildman–Crippen MR) is 143 cm³/mol. The Morgan fingerprint density at radius 3 is 2.27 bits per heavy atom. The molecule has 0 aromatic heterocycles. The van der Waals surface area contributed by atoms with Crippen LogP contribution in [0.2, 0.25) is 10.0 Å². The molecular weight excluding hydrogens is 563 g/mol. The smallest absolute Gasteiger partial charge is 0.338 e. The second-order valence-electron chi connectivity index (χ2n) is 9.52. The Labute approximate surface area is 239 Å². The number of hydrogen-bond acceptors (Lipinski definition) is 9. The van der Waals surface area contributed by atoms with Gasteiger partial charge in [-0.15, -0.1) is 0 Å². The molecule has 0 N–H and O–H groups in total. The molecule has 2 heterocycles. The maximum absolute atomic E-state index is 13.4. The average molecular weight is 587 g/mol. The molecule has 1 fully saturated rings. The van der Waals surface area contributed by atoms with Crippen molar-refractivity contribution < 1.29 is 42.7 Å². The number of ether oxygens (including phenoxy) is 7. The Morgan fingerprint density at radius 2 is 1.60 bits per heavy atom. The van der Waals surface area contributed by atoms with Gasteiger partial charge in [0.1, 0.15) is 6.10 Å². The molecule has 3 aromatic carbocycles. The van der Waals surface area contributed by atoms with Gasteiger partial charge in [0, 0.05) is 22.4 Å². The van der Waals surface area contributed by atoms with E-state index in [9.17, 15) is 9.59 Å². The van der Waals surface area contributed by atoms with Crippen molar-refractivity contribution >= 4 is 35.1 Å². The first-order chi connectivity index (χ1) is 19.4. The van der Waals surface area contributed by atoms with Crippen LogP contribution in [0.3, 0.4) is 0 Å². The van der Waals surface area contributed by atoms with Crippen molar-refractivity contribution in [2.45, 2.75) is 12.0 Å². The maximum atomic E-state index is 13.4. The molecule has 3 aromatic rings. The first-order valence-corrected chi connectivity index (χ1v) is 13.2. The van der Waals surface area contributed by atoms with E-state index in [1.807, 2.05) is 0 Å². The largest absolute Gasteiger partial charge is 0.493 e. The molecule has 0 amide bonds. The number of cyclic esters (lactones) is 1. The van der Waals surface area contributed by atoms with E-state index < -0.39 is 35.8 Å². The van der Waals surface area contributed by atoms with Crippen LogP contribution in [0, 0.1) is 11.8 Å². The van der Waals surface area contributed by atoms with Crippen LogP contribution in [0.25, 0.3) is 0 Å². The highest BCUT2D eigenvalue weighted by Gasteiger charge is 2.54. The normalized spacial score (nSPS) is 22.2. The molecule has 0 bridgehead atoms. The summed E-state index contributed by atoms with van der Waals surface area (Å²) in [5, 5.41) is 0.651. The summed E-state index contributed by atoms with van der Waals surface area (Å²) < 4.78 is 39.7. The van der Waals surface area contributed by atoms with E-state index in [1.54, 1.807) is 36.4 Å². The monoisotopic (exact) mass is 586 g/mol. The topological polar surface area (TPSA) is 98.8 Å². The Bertz CT molecular complexity index is 1520. The summed E-state index contributed by atoms with van der Waals surface area (Å²) in [7, 11) is 4.45. The fraction of sp³-hybridized carbons (Fsp3) is 0.310. The molecule has 0 saturated carbocycles. The summed E-state index contributed by atoms with van der Waals surface area (Å²) in [6.07, 6.45) is -0.829. The molecule has 6 rings (SSSR count). The lowest BCUT2D eigenvalue weighted by molar-refractivity contribution is -0.141. The van der Waals surface area contributed by atoms with Crippen LogP contribution in [0.15, 0.2) is 42.5 Å². The molecule has 40 heavy (non-hydrogen) atoms. The van der Waals surface area contributed by atoms with E-state index in [4.69, 9.17) is 56.4 Å². The molecule has 9 nitrogen and oxygen atoms in total. The highest BCUT2D eigenvalue weighted by molar-refractivity contribution is 6.33. The van der Waals surface area contributed by atoms with Gasteiger partial charge in [-0.3, -0.25) is 4.79 Å². The van der Waals surface area contributed by atoms with E-state index in [0.29, 0.717) is 44.7 Å². The van der Waals surface area contributed by atoms with Gasteiger partial charge >= 0.3 is 11.9 Å². The number of esters is 2. The lowest BCUT2D eigenvalue weighted by Gasteiger charge is -2.39. The SMILES string of the molecule is COc1cc([C@@H]2c3cc4c(cc3[C@@H](OC(=O)c3cccc(Cl)c3)[C@H]3COC(=O)[C@H]23)OCO4)c(Cl)c(OC)c1OC. The standard InChI is InChI=1S/C29H24Cl2O9/c1-34-21-10-17(24(31)27(36-3)26(21)35-2)22-15-8-19-20(39-12-38-19)9-16(15)25(18-11-37-29(33)23(18)22)40-28(32)13-5-4-6-14(30)7-13/h4-10,18,22-23,25H,11-12H2,1-3H3/t18-,22-,23-,25+/m0/s1. The lowest BCUT2D eigenvalue weighted by Crippen LogP contribution is -2.36. The van der Waals surface area contributed by atoms with Gasteiger partial charge in [-0.2, -0.15) is 0 Å². The number of halogens is 2. The van der Waals surface area contributed by atoms with Crippen molar-refractivity contribution in [3.63, 3.8) is 0 Å². The highest BCUT2D eigenvalue weighted by Crippen LogP contribution is 2.58. The van der Waals surface area contributed by atoms with Gasteiger partial charge in [0.05, 0.1) is 44.4 Å². The van der Waals surface area contributed by atoms with Crippen LogP contribution < -0.4 is 23.7 Å². The fourth-order valence-corrected chi connectivity index (χ4v) is 6.33. The van der Waals surface area contributed by atoms with Crippen LogP contribution in [-0.2, 0) is 14.3 Å². The Morgan fingerprint density at radius 1 is 0.875 bits per heavy atom. The third-order valence-electron chi connectivity index (χ3n) is 7.55. The van der Waals surface area contributed by atoms with Gasteiger partial charge in [0.25, 0.3) is 0 Å². The second kappa shape index (κ2) is 10.3. The quantitative estimate of drug-likeness (QED) is 0.343. The summed E-state index contributed by atoms with van der Waals surface area (Å²) in [5.74, 6) is -0.958. The van der Waals surface area contributed by atoms with Crippen LogP contribution >= 0.6 is 23.2 Å². The number of carbonyl (C=O) groups excluding carboxylic acids is 2. The van der Waals surface area contributed by atoms with Crippen molar-refractivity contribution in [3.8, 4) is 28.7 Å². The van der Waals surface area contributed by atoms with Crippen LogP contribution in [0.1, 0.15) is 39.1 Å². The zero-order valence-corrected chi connectivity index (χ0v) is 23.2. The first-order valence-electron chi connectivity index (χ1n) is 12.4. The van der Waals surface area contributed by atoms with Crippen molar-refractivity contribution in [1.82, 2.24) is 0 Å². The van der Waals surface area contributed by atoms with Crippen molar-refractivity contribution in [2.24, 2.45) is 11.8 Å². The van der Waals surface area contributed by atoms with Gasteiger partial charge < -0.3 is 33.2 Å². The molecule has 1 aliphatic carbocycles. The van der Waals surface area contributed by atoms with Gasteiger partial charge in [0.2, 0.25) is 12.5 Å². The molecule has 0 unspecified atom stereocenters. The van der Waals surface area contributed by atoms with Gasteiger partial charge in [-0.25, -0.2) is 4.79 Å².